The molecule has 0 aliphatic carbocycles. The third-order valence-electron chi connectivity index (χ3n) is 10.4. The lowest BCUT2D eigenvalue weighted by atomic mass is 9.95. The van der Waals surface area contributed by atoms with Gasteiger partial charge in [0.2, 0.25) is 0 Å². The van der Waals surface area contributed by atoms with Crippen LogP contribution in [0.25, 0.3) is 11.6 Å². The second-order valence-electron chi connectivity index (χ2n) is 14.3. The number of hydrogen-bond donors (Lipinski definition) is 0. The van der Waals surface area contributed by atoms with Crippen molar-refractivity contribution in [3.05, 3.63) is 271 Å². The first-order valence-corrected chi connectivity index (χ1v) is 20.0. The Labute approximate surface area is 347 Å². The summed E-state index contributed by atoms with van der Waals surface area (Å²) >= 11 is 0. The summed E-state index contributed by atoms with van der Waals surface area (Å²) in [7, 11) is 0. The summed E-state index contributed by atoms with van der Waals surface area (Å²) in [4.78, 5) is 6.93. The second kappa shape index (κ2) is 17.5. The van der Waals surface area contributed by atoms with Crippen LogP contribution < -0.4 is 14.7 Å². The third kappa shape index (κ3) is 8.32. The molecular formula is C56H43N3. The fraction of sp³-hybridized carbons (Fsp3) is 0. The van der Waals surface area contributed by atoms with E-state index in [2.05, 4.69) is 276 Å². The normalized spacial score (nSPS) is 11.2. The summed E-state index contributed by atoms with van der Waals surface area (Å²) in [6.45, 7) is 0. The molecule has 0 unspecified atom stereocenters. The molecule has 0 heterocycles. The average Bonchev–Trinajstić information content (AvgIpc) is 3.32. The quantitative estimate of drug-likeness (QED) is 0.115. The molecule has 9 aromatic rings. The number of nitrogens with zero attached hydrogens (tertiary/aromatic N) is 3. The van der Waals surface area contributed by atoms with Gasteiger partial charge < -0.3 is 14.7 Å². The van der Waals surface area contributed by atoms with Crippen molar-refractivity contribution < 1.29 is 0 Å². The highest BCUT2D eigenvalue weighted by Crippen LogP contribution is 2.41. The molecule has 0 N–H and O–H groups in total. The second-order valence-corrected chi connectivity index (χ2v) is 14.3. The highest BCUT2D eigenvalue weighted by Gasteiger charge is 2.18. The third-order valence-corrected chi connectivity index (χ3v) is 10.4. The summed E-state index contributed by atoms with van der Waals surface area (Å²) in [6, 6.07) is 90.0. The predicted octanol–water partition coefficient (Wildman–Crippen LogP) is 15.7. The van der Waals surface area contributed by atoms with Crippen molar-refractivity contribution in [3.63, 3.8) is 0 Å². The van der Waals surface area contributed by atoms with Crippen molar-refractivity contribution in [2.75, 3.05) is 14.7 Å². The highest BCUT2D eigenvalue weighted by atomic mass is 15.2. The van der Waals surface area contributed by atoms with Crippen LogP contribution in [0.2, 0.25) is 0 Å². The fourth-order valence-electron chi connectivity index (χ4n) is 7.61. The Morgan fingerprint density at radius 2 is 0.441 bits per heavy atom. The maximum absolute atomic E-state index is 2.34. The predicted molar refractivity (Wildman–Crippen MR) is 250 cm³/mol. The largest absolute Gasteiger partial charge is 0.311 e. The molecule has 9 aromatic carbocycles. The van der Waals surface area contributed by atoms with Crippen LogP contribution in [0.1, 0.15) is 16.7 Å². The molecule has 0 aliphatic rings. The smallest absolute Gasteiger partial charge is 0.0463 e. The zero-order valence-electron chi connectivity index (χ0n) is 32.7. The van der Waals surface area contributed by atoms with Crippen molar-refractivity contribution in [1.29, 1.82) is 0 Å². The van der Waals surface area contributed by atoms with Gasteiger partial charge in [0.25, 0.3) is 0 Å². The maximum Gasteiger partial charge on any atom is 0.0463 e. The van der Waals surface area contributed by atoms with Crippen LogP contribution in [0, 0.1) is 0 Å². The Hall–Kier alpha value is -7.88. The minimum Gasteiger partial charge on any atom is -0.311 e. The van der Waals surface area contributed by atoms with E-state index in [1.807, 2.05) is 0 Å². The maximum atomic E-state index is 2.34. The van der Waals surface area contributed by atoms with Gasteiger partial charge in [0.05, 0.1) is 0 Å². The van der Waals surface area contributed by atoms with E-state index in [9.17, 15) is 0 Å². The summed E-state index contributed by atoms with van der Waals surface area (Å²) < 4.78 is 0. The Balaban J connectivity index is 1.13. The van der Waals surface area contributed by atoms with Crippen LogP contribution in [0.15, 0.2) is 255 Å². The van der Waals surface area contributed by atoms with Gasteiger partial charge in [-0.25, -0.2) is 0 Å². The van der Waals surface area contributed by atoms with Crippen LogP contribution in [0.3, 0.4) is 0 Å². The summed E-state index contributed by atoms with van der Waals surface area (Å²) in [5.74, 6) is 0. The lowest BCUT2D eigenvalue weighted by Crippen LogP contribution is -2.13. The van der Waals surface area contributed by atoms with E-state index < -0.39 is 0 Å². The van der Waals surface area contributed by atoms with Crippen molar-refractivity contribution in [2.45, 2.75) is 0 Å². The van der Waals surface area contributed by atoms with Gasteiger partial charge >= 0.3 is 0 Å². The molecule has 0 amide bonds. The monoisotopic (exact) mass is 757 g/mol. The van der Waals surface area contributed by atoms with Gasteiger partial charge in [-0.3, -0.25) is 0 Å². The molecule has 9 rings (SSSR count). The molecule has 0 bridgehead atoms. The number of para-hydroxylation sites is 4. The Morgan fingerprint density at radius 3 is 0.746 bits per heavy atom. The van der Waals surface area contributed by atoms with E-state index in [4.69, 9.17) is 0 Å². The van der Waals surface area contributed by atoms with Crippen LogP contribution >= 0.6 is 0 Å². The lowest BCUT2D eigenvalue weighted by molar-refractivity contribution is 1.24. The standard InChI is InChI=1S/C56H43N3/c1-7-19-44(20-8-1)43-56(45-21-9-2-10-22-45)46-31-33-51(34-32-46)59(54-39-35-52(36-40-54)57(47-23-11-3-12-24-47)48-25-13-4-14-26-48)55-41-37-53(38-42-55)58(49-27-15-5-16-28-49)50-29-17-6-18-30-50/h1-43H/b56-43-. The lowest BCUT2D eigenvalue weighted by Gasteiger charge is -2.29. The highest BCUT2D eigenvalue weighted by molar-refractivity contribution is 5.92. The molecule has 282 valence electrons. The molecule has 0 atom stereocenters. The van der Waals surface area contributed by atoms with Gasteiger partial charge in [-0.1, -0.05) is 146 Å². The Kier molecular flexibility index (Phi) is 10.9. The van der Waals surface area contributed by atoms with Gasteiger partial charge in [-0.05, 0) is 138 Å². The number of rotatable bonds is 12. The van der Waals surface area contributed by atoms with Crippen molar-refractivity contribution >= 4 is 62.8 Å². The molecule has 0 saturated heterocycles. The zero-order chi connectivity index (χ0) is 39.6. The van der Waals surface area contributed by atoms with E-state index in [0.29, 0.717) is 0 Å². The van der Waals surface area contributed by atoms with Gasteiger partial charge in [0, 0.05) is 51.2 Å². The summed E-state index contributed by atoms with van der Waals surface area (Å²) in [5.41, 5.74) is 14.4. The molecule has 0 aliphatic heterocycles. The minimum absolute atomic E-state index is 1.06. The minimum atomic E-state index is 1.06. The van der Waals surface area contributed by atoms with E-state index in [-0.39, 0.29) is 0 Å². The first kappa shape index (κ1) is 36.7. The van der Waals surface area contributed by atoms with Crippen LogP contribution in [0.4, 0.5) is 51.2 Å². The first-order valence-electron chi connectivity index (χ1n) is 20.0. The molecule has 0 saturated carbocycles. The molecule has 0 radical (unpaired) electrons. The molecule has 59 heavy (non-hydrogen) atoms. The average molecular weight is 758 g/mol. The molecule has 0 spiro atoms. The van der Waals surface area contributed by atoms with Gasteiger partial charge in [-0.15, -0.1) is 0 Å². The van der Waals surface area contributed by atoms with Crippen molar-refractivity contribution in [1.82, 2.24) is 0 Å². The van der Waals surface area contributed by atoms with E-state index in [1.165, 1.54) is 11.1 Å². The van der Waals surface area contributed by atoms with E-state index >= 15 is 0 Å². The Bertz CT molecular complexity index is 2500. The summed E-state index contributed by atoms with van der Waals surface area (Å²) in [5, 5.41) is 0. The van der Waals surface area contributed by atoms with Crippen molar-refractivity contribution in [2.24, 2.45) is 0 Å². The first-order chi connectivity index (χ1) is 29.3. The van der Waals surface area contributed by atoms with Gasteiger partial charge in [0.15, 0.2) is 0 Å². The fourth-order valence-corrected chi connectivity index (χ4v) is 7.61. The van der Waals surface area contributed by atoms with Crippen LogP contribution in [-0.2, 0) is 0 Å². The number of benzene rings is 9. The molecule has 0 fully saturated rings. The van der Waals surface area contributed by atoms with Gasteiger partial charge in [-0.2, -0.15) is 0 Å². The van der Waals surface area contributed by atoms with E-state index in [1.54, 1.807) is 0 Å². The number of hydrogen-bond acceptors (Lipinski definition) is 3. The van der Waals surface area contributed by atoms with Gasteiger partial charge in [0.1, 0.15) is 0 Å². The molecule has 0 aromatic heterocycles. The van der Waals surface area contributed by atoms with Crippen molar-refractivity contribution in [3.8, 4) is 0 Å². The SMILES string of the molecule is C(=C(\c1ccccc1)c1ccc(N(c2ccc(N(c3ccccc3)c3ccccc3)cc2)c2ccc(N(c3ccccc3)c3ccccc3)cc2)cc1)/c1ccccc1. The van der Waals surface area contributed by atoms with Crippen LogP contribution in [0.5, 0.6) is 0 Å². The summed E-state index contributed by atoms with van der Waals surface area (Å²) in [6.07, 6.45) is 2.27. The van der Waals surface area contributed by atoms with E-state index in [0.717, 1.165) is 62.3 Å². The topological polar surface area (TPSA) is 9.72 Å². The Morgan fingerprint density at radius 1 is 0.220 bits per heavy atom. The molecular weight excluding hydrogens is 715 g/mol. The molecule has 3 heteroatoms. The zero-order valence-corrected chi connectivity index (χ0v) is 32.7. The number of anilines is 9. The molecule has 3 nitrogen and oxygen atoms in total. The van der Waals surface area contributed by atoms with Crippen LogP contribution in [-0.4, -0.2) is 0 Å².